The third-order valence-electron chi connectivity index (χ3n) is 4.95. The first-order chi connectivity index (χ1) is 10.5. The molecule has 0 aromatic carbocycles. The SMILES string of the molecule is Cc1nccc([C@@H]2C[C@H]3CCN(S(=O)(=O)C4CC4)C[C@@H]3O2)n1. The molecule has 6 nitrogen and oxygen atoms in total. The fourth-order valence-electron chi connectivity index (χ4n) is 3.55. The van der Waals surface area contributed by atoms with Gasteiger partial charge in [0.15, 0.2) is 0 Å². The molecule has 0 spiro atoms. The Morgan fingerprint density at radius 1 is 1.32 bits per heavy atom. The lowest BCUT2D eigenvalue weighted by molar-refractivity contribution is 0.00852. The van der Waals surface area contributed by atoms with Crippen LogP contribution in [0.5, 0.6) is 0 Å². The van der Waals surface area contributed by atoms with E-state index in [-0.39, 0.29) is 17.5 Å². The Labute approximate surface area is 131 Å². The number of hydrogen-bond acceptors (Lipinski definition) is 5. The van der Waals surface area contributed by atoms with Crippen LogP contribution in [0.4, 0.5) is 0 Å². The first-order valence-corrected chi connectivity index (χ1v) is 9.48. The predicted molar refractivity (Wildman–Crippen MR) is 80.6 cm³/mol. The lowest BCUT2D eigenvalue weighted by atomic mass is 9.92. The summed E-state index contributed by atoms with van der Waals surface area (Å²) in [6.45, 7) is 3.01. The number of aryl methyl sites for hydroxylation is 1. The van der Waals surface area contributed by atoms with Crippen LogP contribution in [-0.4, -0.2) is 47.1 Å². The van der Waals surface area contributed by atoms with Gasteiger partial charge >= 0.3 is 0 Å². The summed E-state index contributed by atoms with van der Waals surface area (Å²) in [6, 6.07) is 1.90. The molecule has 3 aliphatic rings. The van der Waals surface area contributed by atoms with Gasteiger partial charge in [0.1, 0.15) is 11.9 Å². The van der Waals surface area contributed by atoms with Crippen molar-refractivity contribution < 1.29 is 13.2 Å². The van der Waals surface area contributed by atoms with Crippen LogP contribution in [-0.2, 0) is 14.8 Å². The first kappa shape index (κ1) is 14.5. The third-order valence-corrected chi connectivity index (χ3v) is 7.31. The molecule has 2 saturated heterocycles. The van der Waals surface area contributed by atoms with Gasteiger partial charge in [-0.2, -0.15) is 4.31 Å². The van der Waals surface area contributed by atoms with Gasteiger partial charge in [0.2, 0.25) is 10.0 Å². The van der Waals surface area contributed by atoms with E-state index < -0.39 is 10.0 Å². The molecule has 120 valence electrons. The Kier molecular flexibility index (Phi) is 3.47. The maximum Gasteiger partial charge on any atom is 0.217 e. The maximum absolute atomic E-state index is 12.4. The average Bonchev–Trinajstić information content (AvgIpc) is 3.27. The number of rotatable bonds is 3. The van der Waals surface area contributed by atoms with E-state index >= 15 is 0 Å². The van der Waals surface area contributed by atoms with Crippen LogP contribution in [0, 0.1) is 12.8 Å². The van der Waals surface area contributed by atoms with E-state index in [1.807, 2.05) is 13.0 Å². The molecule has 22 heavy (non-hydrogen) atoms. The second-order valence-electron chi connectivity index (χ2n) is 6.58. The molecule has 0 N–H and O–H groups in total. The highest BCUT2D eigenvalue weighted by Crippen LogP contribution is 2.42. The molecule has 3 fully saturated rings. The number of ether oxygens (including phenoxy) is 1. The highest BCUT2D eigenvalue weighted by atomic mass is 32.2. The number of aromatic nitrogens is 2. The van der Waals surface area contributed by atoms with Gasteiger partial charge in [-0.3, -0.25) is 0 Å². The maximum atomic E-state index is 12.4. The van der Waals surface area contributed by atoms with Gasteiger partial charge in [-0.15, -0.1) is 0 Å². The minimum Gasteiger partial charge on any atom is -0.367 e. The van der Waals surface area contributed by atoms with Crippen molar-refractivity contribution in [3.05, 3.63) is 23.8 Å². The Hall–Kier alpha value is -1.05. The van der Waals surface area contributed by atoms with Gasteiger partial charge in [0.05, 0.1) is 17.0 Å². The molecule has 3 heterocycles. The van der Waals surface area contributed by atoms with Crippen molar-refractivity contribution in [2.24, 2.45) is 5.92 Å². The molecule has 7 heteroatoms. The van der Waals surface area contributed by atoms with Gasteiger partial charge in [0, 0.05) is 19.3 Å². The summed E-state index contributed by atoms with van der Waals surface area (Å²) in [7, 11) is -3.09. The van der Waals surface area contributed by atoms with Crippen molar-refractivity contribution in [2.75, 3.05) is 13.1 Å². The summed E-state index contributed by atoms with van der Waals surface area (Å²) in [4.78, 5) is 8.57. The summed E-state index contributed by atoms with van der Waals surface area (Å²) in [5, 5.41) is -0.134. The van der Waals surface area contributed by atoms with Crippen molar-refractivity contribution in [3.8, 4) is 0 Å². The molecular formula is C15H21N3O3S. The molecule has 2 aliphatic heterocycles. The first-order valence-electron chi connectivity index (χ1n) is 7.98. The highest BCUT2D eigenvalue weighted by molar-refractivity contribution is 7.90. The van der Waals surface area contributed by atoms with E-state index in [9.17, 15) is 8.42 Å². The molecule has 1 aromatic heterocycles. The van der Waals surface area contributed by atoms with Gasteiger partial charge in [-0.1, -0.05) is 0 Å². The smallest absolute Gasteiger partial charge is 0.217 e. The minimum atomic E-state index is -3.09. The topological polar surface area (TPSA) is 72.4 Å². The summed E-state index contributed by atoms with van der Waals surface area (Å²) >= 11 is 0. The van der Waals surface area contributed by atoms with E-state index in [1.54, 1.807) is 10.5 Å². The fraction of sp³-hybridized carbons (Fsp3) is 0.733. The standard InChI is InChI=1S/C15H21N3O3S/c1-10-16-6-4-13(17-10)14-8-11-5-7-18(9-15(11)21-14)22(19,20)12-2-3-12/h4,6,11-12,14-15H,2-3,5,7-9H2,1H3/t11-,14+,15+/m1/s1. The largest absolute Gasteiger partial charge is 0.367 e. The Morgan fingerprint density at radius 3 is 2.86 bits per heavy atom. The zero-order valence-electron chi connectivity index (χ0n) is 12.7. The van der Waals surface area contributed by atoms with Crippen molar-refractivity contribution in [3.63, 3.8) is 0 Å². The van der Waals surface area contributed by atoms with Crippen molar-refractivity contribution in [1.29, 1.82) is 0 Å². The monoisotopic (exact) mass is 323 g/mol. The van der Waals surface area contributed by atoms with Gasteiger partial charge in [-0.05, 0) is 44.6 Å². The Balaban J connectivity index is 1.48. The second-order valence-corrected chi connectivity index (χ2v) is 8.79. The number of piperidine rings is 1. The molecule has 1 aromatic rings. The number of fused-ring (bicyclic) bond motifs is 1. The molecule has 0 radical (unpaired) electrons. The number of nitrogens with zero attached hydrogens (tertiary/aromatic N) is 3. The zero-order chi connectivity index (χ0) is 15.3. The van der Waals surface area contributed by atoms with E-state index in [4.69, 9.17) is 4.74 Å². The predicted octanol–water partition coefficient (Wildman–Crippen LogP) is 1.43. The molecular weight excluding hydrogens is 302 g/mol. The van der Waals surface area contributed by atoms with Crippen LogP contribution < -0.4 is 0 Å². The zero-order valence-corrected chi connectivity index (χ0v) is 13.5. The van der Waals surface area contributed by atoms with Crippen molar-refractivity contribution in [1.82, 2.24) is 14.3 Å². The van der Waals surface area contributed by atoms with E-state index in [0.717, 1.165) is 37.2 Å². The number of hydrogen-bond donors (Lipinski definition) is 0. The molecule has 1 saturated carbocycles. The van der Waals surface area contributed by atoms with Crippen LogP contribution in [0.2, 0.25) is 0 Å². The molecule has 0 unspecified atom stereocenters. The van der Waals surface area contributed by atoms with Gasteiger partial charge < -0.3 is 4.74 Å². The quantitative estimate of drug-likeness (QED) is 0.841. The van der Waals surface area contributed by atoms with Gasteiger partial charge in [0.25, 0.3) is 0 Å². The highest BCUT2D eigenvalue weighted by Gasteiger charge is 2.46. The molecule has 3 atom stereocenters. The van der Waals surface area contributed by atoms with Crippen molar-refractivity contribution in [2.45, 2.75) is 50.1 Å². The number of sulfonamides is 1. The van der Waals surface area contributed by atoms with E-state index in [1.165, 1.54) is 0 Å². The van der Waals surface area contributed by atoms with Crippen molar-refractivity contribution >= 4 is 10.0 Å². The lowest BCUT2D eigenvalue weighted by Crippen LogP contribution is -2.46. The Morgan fingerprint density at radius 2 is 2.14 bits per heavy atom. The van der Waals surface area contributed by atoms with Crippen LogP contribution in [0.15, 0.2) is 12.3 Å². The molecule has 4 rings (SSSR count). The minimum absolute atomic E-state index is 0.00236. The Bertz CT molecular complexity index is 674. The van der Waals surface area contributed by atoms with Crippen LogP contribution >= 0.6 is 0 Å². The van der Waals surface area contributed by atoms with Gasteiger partial charge in [-0.25, -0.2) is 18.4 Å². The third kappa shape index (κ3) is 2.55. The molecule has 0 amide bonds. The summed E-state index contributed by atoms with van der Waals surface area (Å²) in [5.74, 6) is 1.18. The normalized spacial score (nSPS) is 32.9. The lowest BCUT2D eigenvalue weighted by Gasteiger charge is -2.33. The van der Waals surface area contributed by atoms with Crippen LogP contribution in [0.25, 0.3) is 0 Å². The van der Waals surface area contributed by atoms with E-state index in [2.05, 4.69) is 9.97 Å². The second kappa shape index (κ2) is 5.25. The van der Waals surface area contributed by atoms with Crippen LogP contribution in [0.1, 0.15) is 43.3 Å². The molecule has 1 aliphatic carbocycles. The summed E-state index contributed by atoms with van der Waals surface area (Å²) in [6.07, 6.45) is 5.18. The molecule has 0 bridgehead atoms. The summed E-state index contributed by atoms with van der Waals surface area (Å²) < 4.78 is 32.6. The van der Waals surface area contributed by atoms with Crippen LogP contribution in [0.3, 0.4) is 0 Å². The summed E-state index contributed by atoms with van der Waals surface area (Å²) in [5.41, 5.74) is 0.915. The van der Waals surface area contributed by atoms with E-state index in [0.29, 0.717) is 19.0 Å². The average molecular weight is 323 g/mol. The fourth-order valence-corrected chi connectivity index (χ4v) is 5.42.